The summed E-state index contributed by atoms with van der Waals surface area (Å²) in [6, 6.07) is 1.06. The molecule has 1 atom stereocenters. The Balaban J connectivity index is 3.33. The highest BCUT2D eigenvalue weighted by Crippen LogP contribution is 2.25. The maximum Gasteiger partial charge on any atom is 0.356 e. The highest BCUT2D eigenvalue weighted by atomic mass is 127. The minimum absolute atomic E-state index is 1.06. The Morgan fingerprint density at radius 3 is 2.56 bits per heavy atom. The number of rotatable bonds is 4. The molecule has 0 fully saturated rings. The molecule has 0 aromatic carbocycles. The third-order valence-electron chi connectivity index (χ3n) is 1.12. The maximum absolute atomic E-state index is 6.00. The lowest BCUT2D eigenvalue weighted by atomic mass is 10.4. The van der Waals surface area contributed by atoms with Crippen LogP contribution < -0.4 is 0 Å². The van der Waals surface area contributed by atoms with Gasteiger partial charge in [-0.1, -0.05) is 41.6 Å². The fourth-order valence-electron chi connectivity index (χ4n) is 0.485. The normalized spacial score (nSPS) is 17.3. The lowest BCUT2D eigenvalue weighted by Crippen LogP contribution is -2.20. The molecule has 0 spiro atoms. The molecular weight excluding hydrogens is 266 g/mol. The molecule has 1 nitrogen and oxygen atoms in total. The van der Waals surface area contributed by atoms with E-state index in [4.69, 9.17) is 15.5 Å². The number of halogens is 2. The summed E-state index contributed by atoms with van der Waals surface area (Å²) in [5.41, 5.74) is 0. The second-order valence-electron chi connectivity index (χ2n) is 1.95. The van der Waals surface area contributed by atoms with Crippen molar-refractivity contribution in [3.63, 3.8) is 0 Å². The van der Waals surface area contributed by atoms with E-state index in [9.17, 15) is 0 Å². The van der Waals surface area contributed by atoms with Gasteiger partial charge < -0.3 is 4.43 Å². The average Bonchev–Trinajstić information content (AvgIpc) is 1.84. The first-order chi connectivity index (χ1) is 4.12. The van der Waals surface area contributed by atoms with E-state index in [1.807, 2.05) is 0 Å². The predicted molar refractivity (Wildman–Crippen MR) is 52.4 cm³/mol. The van der Waals surface area contributed by atoms with Crippen molar-refractivity contribution in [1.82, 2.24) is 0 Å². The van der Waals surface area contributed by atoms with Crippen LogP contribution in [0.2, 0.25) is 6.04 Å². The Labute approximate surface area is 75.2 Å². The Morgan fingerprint density at radius 2 is 2.22 bits per heavy atom. The van der Waals surface area contributed by atoms with Crippen molar-refractivity contribution in [2.75, 3.05) is 7.11 Å². The molecule has 0 saturated carbocycles. The summed E-state index contributed by atoms with van der Waals surface area (Å²) in [4.78, 5) is 0. The van der Waals surface area contributed by atoms with Gasteiger partial charge in [0.15, 0.2) is 0 Å². The van der Waals surface area contributed by atoms with Gasteiger partial charge >= 0.3 is 5.12 Å². The molecule has 9 heavy (non-hydrogen) atoms. The molecule has 0 aliphatic heterocycles. The molecule has 56 valence electrons. The van der Waals surface area contributed by atoms with Crippen molar-refractivity contribution in [2.24, 2.45) is 0 Å². The summed E-state index contributed by atoms with van der Waals surface area (Å²) in [5.74, 6) is 0. The van der Waals surface area contributed by atoms with Crippen LogP contribution in [0.15, 0.2) is 0 Å². The van der Waals surface area contributed by atoms with Crippen LogP contribution in [0.4, 0.5) is 0 Å². The molecule has 0 aliphatic carbocycles. The molecule has 4 heteroatoms. The van der Waals surface area contributed by atoms with Crippen LogP contribution >= 0.6 is 32.9 Å². The van der Waals surface area contributed by atoms with E-state index in [0.717, 1.165) is 6.04 Å². The molecular formula is C5H12ClIOSi. The van der Waals surface area contributed by atoms with Gasteiger partial charge in [-0.3, -0.25) is 0 Å². The summed E-state index contributed by atoms with van der Waals surface area (Å²) in [7, 11) is 1.70. The van der Waals surface area contributed by atoms with Crippen molar-refractivity contribution in [3.05, 3.63) is 0 Å². The molecule has 0 aromatic heterocycles. The van der Waals surface area contributed by atoms with E-state index in [-0.39, 0.29) is 0 Å². The minimum Gasteiger partial charge on any atom is -0.399 e. The zero-order valence-electron chi connectivity index (χ0n) is 5.79. The molecule has 0 amide bonds. The van der Waals surface area contributed by atoms with Crippen molar-refractivity contribution >= 4 is 38.0 Å². The van der Waals surface area contributed by atoms with E-state index in [1.165, 1.54) is 12.8 Å². The molecule has 0 aromatic rings. The third kappa shape index (κ3) is 5.63. The van der Waals surface area contributed by atoms with Crippen LogP contribution in [0.3, 0.4) is 0 Å². The molecule has 0 rings (SSSR count). The lowest BCUT2D eigenvalue weighted by Gasteiger charge is -2.12. The van der Waals surface area contributed by atoms with Crippen LogP contribution in [0.1, 0.15) is 19.8 Å². The van der Waals surface area contributed by atoms with Gasteiger partial charge in [0, 0.05) is 7.11 Å². The molecule has 0 heterocycles. The van der Waals surface area contributed by atoms with Gasteiger partial charge in [0.2, 0.25) is 0 Å². The topological polar surface area (TPSA) is 9.23 Å². The Morgan fingerprint density at radius 1 is 1.67 bits per heavy atom. The average molecular weight is 279 g/mol. The van der Waals surface area contributed by atoms with Crippen molar-refractivity contribution in [1.29, 1.82) is 0 Å². The third-order valence-corrected chi connectivity index (χ3v) is 6.62. The van der Waals surface area contributed by atoms with E-state index < -0.39 is 5.12 Å². The largest absolute Gasteiger partial charge is 0.399 e. The quantitative estimate of drug-likeness (QED) is 0.436. The van der Waals surface area contributed by atoms with Gasteiger partial charge in [-0.15, -0.1) is 11.1 Å². The van der Waals surface area contributed by atoms with Crippen LogP contribution in [-0.2, 0) is 4.43 Å². The molecule has 0 radical (unpaired) electrons. The SMILES string of the molecule is CCCC[Si](Cl)(I)OC. The first-order valence-electron chi connectivity index (χ1n) is 3.05. The van der Waals surface area contributed by atoms with Gasteiger partial charge in [0.25, 0.3) is 0 Å². The maximum atomic E-state index is 6.00. The molecule has 1 unspecified atom stereocenters. The number of hydrogen-bond acceptors (Lipinski definition) is 1. The number of unbranched alkanes of at least 4 members (excludes halogenated alkanes) is 1. The highest BCUT2D eigenvalue weighted by molar-refractivity contribution is 14.1. The van der Waals surface area contributed by atoms with Crippen molar-refractivity contribution in [3.8, 4) is 0 Å². The van der Waals surface area contributed by atoms with E-state index >= 15 is 0 Å². The van der Waals surface area contributed by atoms with Gasteiger partial charge in [0.1, 0.15) is 0 Å². The number of hydrogen-bond donors (Lipinski definition) is 0. The van der Waals surface area contributed by atoms with Crippen LogP contribution in [0, 0.1) is 0 Å². The molecule has 0 aliphatic rings. The summed E-state index contributed by atoms with van der Waals surface area (Å²) in [5, 5.41) is -1.76. The van der Waals surface area contributed by atoms with Crippen molar-refractivity contribution < 1.29 is 4.43 Å². The standard InChI is InChI=1S/C5H12ClIOSi/c1-3-4-5-9(6,7)8-2/h3-5H2,1-2H3. The first-order valence-corrected chi connectivity index (χ1v) is 9.29. The summed E-state index contributed by atoms with van der Waals surface area (Å²) in [6.45, 7) is 2.16. The lowest BCUT2D eigenvalue weighted by molar-refractivity contribution is 0.429. The monoisotopic (exact) mass is 278 g/mol. The fraction of sp³-hybridized carbons (Fsp3) is 1.00. The van der Waals surface area contributed by atoms with Crippen molar-refractivity contribution in [2.45, 2.75) is 25.8 Å². The van der Waals surface area contributed by atoms with E-state index in [1.54, 1.807) is 7.11 Å². The fourth-order valence-corrected chi connectivity index (χ4v) is 3.00. The van der Waals surface area contributed by atoms with Gasteiger partial charge in [-0.05, 0) is 6.04 Å². The second-order valence-corrected chi connectivity index (χ2v) is 13.1. The van der Waals surface area contributed by atoms with Crippen LogP contribution in [0.5, 0.6) is 0 Å². The van der Waals surface area contributed by atoms with E-state index in [2.05, 4.69) is 28.7 Å². The summed E-state index contributed by atoms with van der Waals surface area (Å²) in [6.07, 6.45) is 2.39. The van der Waals surface area contributed by atoms with Crippen LogP contribution in [0.25, 0.3) is 0 Å². The zero-order chi connectivity index (χ0) is 7.33. The summed E-state index contributed by atoms with van der Waals surface area (Å²) < 4.78 is 5.13. The van der Waals surface area contributed by atoms with Gasteiger partial charge in [-0.2, -0.15) is 0 Å². The van der Waals surface area contributed by atoms with Gasteiger partial charge in [-0.25, -0.2) is 0 Å². The Bertz CT molecular complexity index is 79.4. The van der Waals surface area contributed by atoms with Crippen LogP contribution in [-0.4, -0.2) is 12.2 Å². The highest BCUT2D eigenvalue weighted by Gasteiger charge is 2.26. The van der Waals surface area contributed by atoms with E-state index in [0.29, 0.717) is 0 Å². The molecule has 0 bridgehead atoms. The molecule has 0 saturated heterocycles. The first kappa shape index (κ1) is 10.2. The minimum atomic E-state index is -1.76. The smallest absolute Gasteiger partial charge is 0.356 e. The predicted octanol–water partition coefficient (Wildman–Crippen LogP) is 3.05. The Kier molecular flexibility index (Phi) is 5.58. The second kappa shape index (κ2) is 4.93. The zero-order valence-corrected chi connectivity index (χ0v) is 9.70. The van der Waals surface area contributed by atoms with Gasteiger partial charge in [0.05, 0.1) is 0 Å². The Hall–Kier alpha value is 1.20. The summed E-state index contributed by atoms with van der Waals surface area (Å²) >= 11 is 8.25. The molecule has 0 N–H and O–H groups in total.